The smallest absolute Gasteiger partial charge is 0.0764 e. The molecule has 0 radical (unpaired) electrons. The van der Waals surface area contributed by atoms with E-state index in [1.54, 1.807) is 0 Å². The van der Waals surface area contributed by atoms with E-state index in [-0.39, 0.29) is 0 Å². The van der Waals surface area contributed by atoms with E-state index in [2.05, 4.69) is 26.0 Å². The van der Waals surface area contributed by atoms with Gasteiger partial charge in [-0.3, -0.25) is 19.5 Å². The third-order valence-corrected chi connectivity index (χ3v) is 3.85. The molecule has 0 saturated carbocycles. The molecule has 2 aromatic rings. The Bertz CT molecular complexity index is 577. The minimum absolute atomic E-state index is 0.500. The second kappa shape index (κ2) is 5.71. The summed E-state index contributed by atoms with van der Waals surface area (Å²) >= 11 is 0. The predicted octanol–water partition coefficient (Wildman–Crippen LogP) is 1.90. The molecule has 0 N–H and O–H groups in total. The highest BCUT2D eigenvalue weighted by Gasteiger charge is 2.23. The number of aromatic nitrogens is 4. The van der Waals surface area contributed by atoms with Crippen molar-refractivity contribution < 1.29 is 0 Å². The molecular formula is C15H21N5. The Morgan fingerprint density at radius 2 is 2.25 bits per heavy atom. The lowest BCUT2D eigenvalue weighted by Gasteiger charge is -2.31. The van der Waals surface area contributed by atoms with E-state index in [4.69, 9.17) is 0 Å². The van der Waals surface area contributed by atoms with Crippen LogP contribution in [0.4, 0.5) is 0 Å². The maximum absolute atomic E-state index is 4.63. The van der Waals surface area contributed by atoms with Crippen molar-refractivity contribution in [3.05, 3.63) is 41.7 Å². The van der Waals surface area contributed by atoms with E-state index in [9.17, 15) is 0 Å². The molecule has 1 aliphatic heterocycles. The first-order valence-corrected chi connectivity index (χ1v) is 7.20. The quantitative estimate of drug-likeness (QED) is 0.855. The summed E-state index contributed by atoms with van der Waals surface area (Å²) in [6.45, 7) is 5.13. The van der Waals surface area contributed by atoms with Crippen LogP contribution in [-0.2, 0) is 13.6 Å². The Kier molecular flexibility index (Phi) is 3.78. The first-order valence-electron chi connectivity index (χ1n) is 7.20. The molecule has 0 aromatic carbocycles. The van der Waals surface area contributed by atoms with Gasteiger partial charge in [0, 0.05) is 44.6 Å². The normalized spacial score (nSPS) is 20.2. The van der Waals surface area contributed by atoms with Gasteiger partial charge in [0.1, 0.15) is 0 Å². The molecule has 106 valence electrons. The molecular weight excluding hydrogens is 250 g/mol. The van der Waals surface area contributed by atoms with Crippen LogP contribution in [0, 0.1) is 6.92 Å². The van der Waals surface area contributed by atoms with Crippen LogP contribution in [0.2, 0.25) is 0 Å². The Morgan fingerprint density at radius 1 is 1.35 bits per heavy atom. The first kappa shape index (κ1) is 13.2. The number of piperidine rings is 1. The van der Waals surface area contributed by atoms with Gasteiger partial charge < -0.3 is 0 Å². The predicted molar refractivity (Wildman–Crippen MR) is 77.2 cm³/mol. The molecule has 0 spiro atoms. The number of likely N-dealkylation sites (tertiary alicyclic amines) is 1. The molecule has 3 heterocycles. The third kappa shape index (κ3) is 3.04. The molecule has 0 bridgehead atoms. The van der Waals surface area contributed by atoms with E-state index in [1.165, 1.54) is 12.8 Å². The maximum Gasteiger partial charge on any atom is 0.0764 e. The van der Waals surface area contributed by atoms with Gasteiger partial charge in [-0.25, -0.2) is 0 Å². The van der Waals surface area contributed by atoms with Crippen LogP contribution < -0.4 is 0 Å². The molecule has 1 atom stereocenters. The molecule has 0 amide bonds. The zero-order valence-electron chi connectivity index (χ0n) is 12.2. The fourth-order valence-corrected chi connectivity index (χ4v) is 2.90. The molecule has 1 saturated heterocycles. The van der Waals surface area contributed by atoms with Crippen LogP contribution in [0.15, 0.2) is 24.7 Å². The van der Waals surface area contributed by atoms with Gasteiger partial charge >= 0.3 is 0 Å². The number of nitrogens with zero attached hydrogens (tertiary/aromatic N) is 5. The lowest BCUT2D eigenvalue weighted by Crippen LogP contribution is -2.34. The summed E-state index contributed by atoms with van der Waals surface area (Å²) < 4.78 is 1.86. The SMILES string of the molecule is Cc1cncc(C2CCCN(Cc3ccn(C)n3)C2)n1. The van der Waals surface area contributed by atoms with Crippen molar-refractivity contribution in [3.63, 3.8) is 0 Å². The van der Waals surface area contributed by atoms with Gasteiger partial charge in [-0.2, -0.15) is 5.10 Å². The van der Waals surface area contributed by atoms with Crippen LogP contribution in [0.1, 0.15) is 35.8 Å². The van der Waals surface area contributed by atoms with Crippen molar-refractivity contribution in [3.8, 4) is 0 Å². The van der Waals surface area contributed by atoms with Crippen LogP contribution in [0.3, 0.4) is 0 Å². The minimum atomic E-state index is 0.500. The van der Waals surface area contributed by atoms with Gasteiger partial charge in [-0.05, 0) is 32.4 Å². The number of rotatable bonds is 3. The van der Waals surface area contributed by atoms with Crippen molar-refractivity contribution in [2.24, 2.45) is 7.05 Å². The summed E-state index contributed by atoms with van der Waals surface area (Å²) in [6, 6.07) is 2.09. The van der Waals surface area contributed by atoms with Crippen LogP contribution in [0.5, 0.6) is 0 Å². The molecule has 1 fully saturated rings. The van der Waals surface area contributed by atoms with E-state index in [0.29, 0.717) is 5.92 Å². The second-order valence-corrected chi connectivity index (χ2v) is 5.64. The lowest BCUT2D eigenvalue weighted by molar-refractivity contribution is 0.196. The summed E-state index contributed by atoms with van der Waals surface area (Å²) in [6.07, 6.45) is 8.16. The van der Waals surface area contributed by atoms with Crippen LogP contribution in [0.25, 0.3) is 0 Å². The second-order valence-electron chi connectivity index (χ2n) is 5.64. The first-order chi connectivity index (χ1) is 9.70. The van der Waals surface area contributed by atoms with E-state index >= 15 is 0 Å². The topological polar surface area (TPSA) is 46.8 Å². The van der Waals surface area contributed by atoms with Crippen molar-refractivity contribution in [2.45, 2.75) is 32.2 Å². The highest BCUT2D eigenvalue weighted by Crippen LogP contribution is 2.26. The van der Waals surface area contributed by atoms with E-state index < -0.39 is 0 Å². The summed E-state index contributed by atoms with van der Waals surface area (Å²) in [7, 11) is 1.96. The van der Waals surface area contributed by atoms with Crippen LogP contribution in [-0.4, -0.2) is 37.7 Å². The van der Waals surface area contributed by atoms with Crippen molar-refractivity contribution in [1.29, 1.82) is 0 Å². The van der Waals surface area contributed by atoms with Gasteiger partial charge in [0.25, 0.3) is 0 Å². The highest BCUT2D eigenvalue weighted by atomic mass is 15.3. The van der Waals surface area contributed by atoms with Gasteiger partial charge in [-0.15, -0.1) is 0 Å². The fourth-order valence-electron chi connectivity index (χ4n) is 2.90. The van der Waals surface area contributed by atoms with Crippen molar-refractivity contribution >= 4 is 0 Å². The highest BCUT2D eigenvalue weighted by molar-refractivity contribution is 5.09. The Labute approximate surface area is 119 Å². The molecule has 1 unspecified atom stereocenters. The lowest BCUT2D eigenvalue weighted by atomic mass is 9.95. The molecule has 0 aliphatic carbocycles. The zero-order chi connectivity index (χ0) is 13.9. The summed E-state index contributed by atoms with van der Waals surface area (Å²) in [5.41, 5.74) is 3.28. The van der Waals surface area contributed by atoms with Crippen LogP contribution >= 0.6 is 0 Å². The summed E-state index contributed by atoms with van der Waals surface area (Å²) in [5, 5.41) is 4.46. The van der Waals surface area contributed by atoms with E-state index in [0.717, 1.165) is 36.7 Å². The largest absolute Gasteiger partial charge is 0.297 e. The van der Waals surface area contributed by atoms with E-state index in [1.807, 2.05) is 37.2 Å². The van der Waals surface area contributed by atoms with Gasteiger partial charge in [-0.1, -0.05) is 0 Å². The van der Waals surface area contributed by atoms with Crippen molar-refractivity contribution in [1.82, 2.24) is 24.6 Å². The fraction of sp³-hybridized carbons (Fsp3) is 0.533. The molecule has 3 rings (SSSR count). The average molecular weight is 271 g/mol. The Morgan fingerprint density at radius 3 is 3.00 bits per heavy atom. The van der Waals surface area contributed by atoms with Gasteiger partial charge in [0.15, 0.2) is 0 Å². The number of hydrogen-bond donors (Lipinski definition) is 0. The number of hydrogen-bond acceptors (Lipinski definition) is 4. The monoisotopic (exact) mass is 271 g/mol. The molecule has 20 heavy (non-hydrogen) atoms. The molecule has 1 aliphatic rings. The minimum Gasteiger partial charge on any atom is -0.297 e. The third-order valence-electron chi connectivity index (χ3n) is 3.85. The van der Waals surface area contributed by atoms with Gasteiger partial charge in [0.2, 0.25) is 0 Å². The molecule has 5 nitrogen and oxygen atoms in total. The molecule has 5 heteroatoms. The average Bonchev–Trinajstić information content (AvgIpc) is 2.84. The van der Waals surface area contributed by atoms with Crippen molar-refractivity contribution in [2.75, 3.05) is 13.1 Å². The Hall–Kier alpha value is -1.75. The Balaban J connectivity index is 1.67. The maximum atomic E-state index is 4.63. The molecule has 2 aromatic heterocycles. The summed E-state index contributed by atoms with van der Waals surface area (Å²) in [4.78, 5) is 11.4. The summed E-state index contributed by atoms with van der Waals surface area (Å²) in [5.74, 6) is 0.500. The number of aryl methyl sites for hydroxylation is 2. The standard InChI is InChI=1S/C15H21N5/c1-12-8-16-9-15(17-12)13-4-3-6-20(10-13)11-14-5-7-19(2)18-14/h5,7-9,13H,3-4,6,10-11H2,1-2H3. The van der Waals surface area contributed by atoms with Gasteiger partial charge in [0.05, 0.1) is 17.1 Å². The zero-order valence-corrected chi connectivity index (χ0v) is 12.2.